The Kier molecular flexibility index (Phi) is 3.21. The van der Waals surface area contributed by atoms with E-state index in [9.17, 15) is 0 Å². The highest BCUT2D eigenvalue weighted by Gasteiger charge is 2.37. The Morgan fingerprint density at radius 2 is 2.40 bits per heavy atom. The average molecular weight is 272 g/mol. The third-order valence-corrected chi connectivity index (χ3v) is 3.36. The van der Waals surface area contributed by atoms with Gasteiger partial charge >= 0.3 is 0 Å². The summed E-state index contributed by atoms with van der Waals surface area (Å²) in [6, 6.07) is 0. The van der Waals surface area contributed by atoms with E-state index in [-0.39, 0.29) is 5.54 Å². The Hall–Kier alpha value is -0.680. The first-order valence-corrected chi connectivity index (χ1v) is 5.78. The molecule has 0 saturated heterocycles. The van der Waals surface area contributed by atoms with E-state index < -0.39 is 0 Å². The second-order valence-corrected chi connectivity index (χ2v) is 4.77. The van der Waals surface area contributed by atoms with Crippen LogP contribution in [0.25, 0.3) is 0 Å². The molecule has 1 saturated carbocycles. The van der Waals surface area contributed by atoms with E-state index in [0.717, 1.165) is 29.7 Å². The van der Waals surface area contributed by atoms with Crippen molar-refractivity contribution in [2.45, 2.75) is 24.8 Å². The molecule has 1 aliphatic rings. The fourth-order valence-corrected chi connectivity index (χ4v) is 2.16. The number of nitrogens with zero attached hydrogens (tertiary/aromatic N) is 2. The largest absolute Gasteiger partial charge is 0.382 e. The lowest BCUT2D eigenvalue weighted by molar-refractivity contribution is 0.0980. The van der Waals surface area contributed by atoms with E-state index in [1.54, 1.807) is 19.6 Å². The second kappa shape index (κ2) is 4.45. The van der Waals surface area contributed by atoms with Crippen molar-refractivity contribution in [1.82, 2.24) is 9.97 Å². The van der Waals surface area contributed by atoms with Gasteiger partial charge in [0.1, 0.15) is 12.1 Å². The van der Waals surface area contributed by atoms with Gasteiger partial charge in [0.05, 0.1) is 16.6 Å². The van der Waals surface area contributed by atoms with Crippen LogP contribution in [-0.2, 0) is 4.74 Å². The van der Waals surface area contributed by atoms with Crippen LogP contribution in [0.1, 0.15) is 19.3 Å². The van der Waals surface area contributed by atoms with Gasteiger partial charge in [0, 0.05) is 13.3 Å². The van der Waals surface area contributed by atoms with E-state index in [1.807, 2.05) is 0 Å². The molecule has 0 bridgehead atoms. The van der Waals surface area contributed by atoms with Crippen LogP contribution in [0.15, 0.2) is 17.0 Å². The molecule has 0 unspecified atom stereocenters. The highest BCUT2D eigenvalue weighted by molar-refractivity contribution is 9.10. The SMILES string of the molecule is COCC1(Nc2ncncc2Br)CCC1. The van der Waals surface area contributed by atoms with Crippen molar-refractivity contribution in [3.8, 4) is 0 Å². The van der Waals surface area contributed by atoms with Gasteiger partial charge in [0.15, 0.2) is 0 Å². The first-order chi connectivity index (χ1) is 7.26. The van der Waals surface area contributed by atoms with Gasteiger partial charge < -0.3 is 10.1 Å². The van der Waals surface area contributed by atoms with Crippen LogP contribution in [-0.4, -0.2) is 29.2 Å². The molecule has 0 radical (unpaired) electrons. The van der Waals surface area contributed by atoms with Crippen molar-refractivity contribution in [3.63, 3.8) is 0 Å². The standard InChI is InChI=1S/C10H14BrN3O/c1-15-6-10(3-2-4-10)14-9-8(11)5-12-7-13-9/h5,7H,2-4,6H2,1H3,(H,12,13,14). The summed E-state index contributed by atoms with van der Waals surface area (Å²) in [7, 11) is 1.73. The smallest absolute Gasteiger partial charge is 0.144 e. The lowest BCUT2D eigenvalue weighted by Gasteiger charge is -2.42. The molecule has 1 aliphatic carbocycles. The molecule has 1 N–H and O–H groups in total. The normalized spacial score (nSPS) is 18.3. The molecule has 15 heavy (non-hydrogen) atoms. The molecule has 0 amide bonds. The Morgan fingerprint density at radius 3 is 2.93 bits per heavy atom. The molecule has 1 aromatic heterocycles. The number of anilines is 1. The number of halogens is 1. The van der Waals surface area contributed by atoms with Gasteiger partial charge in [0.2, 0.25) is 0 Å². The van der Waals surface area contributed by atoms with Crippen LogP contribution in [0.2, 0.25) is 0 Å². The maximum absolute atomic E-state index is 5.24. The van der Waals surface area contributed by atoms with Crippen molar-refractivity contribution < 1.29 is 4.74 Å². The summed E-state index contributed by atoms with van der Waals surface area (Å²) in [6.07, 6.45) is 6.81. The molecule has 1 aromatic rings. The Bertz CT molecular complexity index is 341. The molecule has 1 heterocycles. The Labute approximate surface area is 97.6 Å². The predicted molar refractivity (Wildman–Crippen MR) is 61.8 cm³/mol. The van der Waals surface area contributed by atoms with Crippen molar-refractivity contribution in [2.75, 3.05) is 19.0 Å². The summed E-state index contributed by atoms with van der Waals surface area (Å²) in [5.41, 5.74) is 0.0750. The first-order valence-electron chi connectivity index (χ1n) is 4.98. The maximum atomic E-state index is 5.24. The number of hydrogen-bond donors (Lipinski definition) is 1. The van der Waals surface area contributed by atoms with E-state index >= 15 is 0 Å². The summed E-state index contributed by atoms with van der Waals surface area (Å²) in [5, 5.41) is 3.44. The molecular formula is C10H14BrN3O. The summed E-state index contributed by atoms with van der Waals surface area (Å²) >= 11 is 3.43. The fourth-order valence-electron chi connectivity index (χ4n) is 1.84. The van der Waals surface area contributed by atoms with E-state index in [4.69, 9.17) is 4.74 Å². The number of hydrogen-bond acceptors (Lipinski definition) is 4. The van der Waals surface area contributed by atoms with Crippen LogP contribution in [0.4, 0.5) is 5.82 Å². The summed E-state index contributed by atoms with van der Waals surface area (Å²) in [6.45, 7) is 0.726. The highest BCUT2D eigenvalue weighted by atomic mass is 79.9. The maximum Gasteiger partial charge on any atom is 0.144 e. The van der Waals surface area contributed by atoms with Gasteiger partial charge in [0.25, 0.3) is 0 Å². The van der Waals surface area contributed by atoms with E-state index in [0.29, 0.717) is 0 Å². The van der Waals surface area contributed by atoms with E-state index in [1.165, 1.54) is 6.42 Å². The van der Waals surface area contributed by atoms with Gasteiger partial charge in [-0.1, -0.05) is 0 Å². The van der Waals surface area contributed by atoms with Crippen molar-refractivity contribution in [3.05, 3.63) is 17.0 Å². The second-order valence-electron chi connectivity index (χ2n) is 3.91. The number of methoxy groups -OCH3 is 1. The minimum atomic E-state index is 0.0750. The zero-order valence-corrected chi connectivity index (χ0v) is 10.2. The highest BCUT2D eigenvalue weighted by Crippen LogP contribution is 2.36. The van der Waals surface area contributed by atoms with Crippen molar-refractivity contribution in [2.24, 2.45) is 0 Å². The molecule has 1 fully saturated rings. The van der Waals surface area contributed by atoms with Gasteiger partial charge in [-0.05, 0) is 35.2 Å². The van der Waals surface area contributed by atoms with Gasteiger partial charge in [-0.15, -0.1) is 0 Å². The third-order valence-electron chi connectivity index (χ3n) is 2.78. The molecule has 2 rings (SSSR count). The molecule has 0 aliphatic heterocycles. The number of nitrogens with one attached hydrogen (secondary N) is 1. The summed E-state index contributed by atoms with van der Waals surface area (Å²) in [5.74, 6) is 0.849. The Morgan fingerprint density at radius 1 is 1.60 bits per heavy atom. The predicted octanol–water partition coefficient (Wildman–Crippen LogP) is 2.22. The quantitative estimate of drug-likeness (QED) is 0.913. The third kappa shape index (κ3) is 2.29. The van der Waals surface area contributed by atoms with Crippen LogP contribution < -0.4 is 5.32 Å². The lowest BCUT2D eigenvalue weighted by Crippen LogP contribution is -2.49. The average Bonchev–Trinajstić information content (AvgIpc) is 2.18. The van der Waals surface area contributed by atoms with Crippen LogP contribution in [0, 0.1) is 0 Å². The topological polar surface area (TPSA) is 47.0 Å². The van der Waals surface area contributed by atoms with Gasteiger partial charge in [-0.25, -0.2) is 9.97 Å². The number of aromatic nitrogens is 2. The zero-order valence-electron chi connectivity index (χ0n) is 8.66. The number of ether oxygens (including phenoxy) is 1. The molecule has 5 heteroatoms. The molecule has 4 nitrogen and oxygen atoms in total. The summed E-state index contributed by atoms with van der Waals surface area (Å²) < 4.78 is 6.14. The monoisotopic (exact) mass is 271 g/mol. The van der Waals surface area contributed by atoms with Crippen LogP contribution in [0.5, 0.6) is 0 Å². The van der Waals surface area contributed by atoms with Crippen LogP contribution in [0.3, 0.4) is 0 Å². The molecule has 0 atom stereocenters. The fraction of sp³-hybridized carbons (Fsp3) is 0.600. The first kappa shape index (κ1) is 10.8. The van der Waals surface area contributed by atoms with Crippen molar-refractivity contribution in [1.29, 1.82) is 0 Å². The van der Waals surface area contributed by atoms with Gasteiger partial charge in [-0.3, -0.25) is 0 Å². The minimum absolute atomic E-state index is 0.0750. The molecule has 0 spiro atoms. The number of rotatable bonds is 4. The zero-order chi connectivity index (χ0) is 10.7. The molecule has 0 aromatic carbocycles. The molecule has 82 valence electrons. The van der Waals surface area contributed by atoms with E-state index in [2.05, 4.69) is 31.2 Å². The molecular weight excluding hydrogens is 258 g/mol. The Balaban J connectivity index is 2.10. The van der Waals surface area contributed by atoms with Gasteiger partial charge in [-0.2, -0.15) is 0 Å². The van der Waals surface area contributed by atoms with Crippen molar-refractivity contribution >= 4 is 21.7 Å². The minimum Gasteiger partial charge on any atom is -0.382 e. The summed E-state index contributed by atoms with van der Waals surface area (Å²) in [4.78, 5) is 8.14. The lowest BCUT2D eigenvalue weighted by atomic mass is 9.77. The van der Waals surface area contributed by atoms with Crippen LogP contribution >= 0.6 is 15.9 Å².